The van der Waals surface area contributed by atoms with E-state index in [1.807, 2.05) is 0 Å². The van der Waals surface area contributed by atoms with Crippen LogP contribution in [0.5, 0.6) is 11.5 Å². The van der Waals surface area contributed by atoms with E-state index >= 15 is 0 Å². The van der Waals surface area contributed by atoms with Crippen molar-refractivity contribution in [3.63, 3.8) is 0 Å². The number of ether oxygens (including phenoxy) is 3. The van der Waals surface area contributed by atoms with E-state index in [0.29, 0.717) is 23.4 Å². The Kier molecular flexibility index (Phi) is 9.91. The van der Waals surface area contributed by atoms with Crippen LogP contribution in [0.3, 0.4) is 0 Å². The van der Waals surface area contributed by atoms with Crippen LogP contribution in [0.4, 0.5) is 19.3 Å². The average molecular weight is 597 g/mol. The van der Waals surface area contributed by atoms with E-state index in [-0.39, 0.29) is 40.8 Å². The van der Waals surface area contributed by atoms with E-state index in [0.717, 1.165) is 18.3 Å². The molecule has 0 bridgehead atoms. The number of hydrogen-bond donors (Lipinski definition) is 1. The maximum Gasteiger partial charge on any atom is 0.442 e. The van der Waals surface area contributed by atoms with Crippen molar-refractivity contribution in [2.45, 2.75) is 51.6 Å². The van der Waals surface area contributed by atoms with Crippen molar-refractivity contribution in [3.05, 3.63) is 65.1 Å². The molecular weight excluding hydrogens is 566 g/mol. The smallest absolute Gasteiger partial charge is 0.442 e. The van der Waals surface area contributed by atoms with Crippen molar-refractivity contribution in [1.29, 1.82) is 0 Å². The van der Waals surface area contributed by atoms with E-state index in [9.17, 15) is 17.8 Å². The Morgan fingerprint density at radius 1 is 1.20 bits per heavy atom. The summed E-state index contributed by atoms with van der Waals surface area (Å²) in [4.78, 5) is 19.5. The summed E-state index contributed by atoms with van der Waals surface area (Å²) in [5, 5.41) is -0.160. The molecule has 1 amide bonds. The molecule has 0 saturated carbocycles. The Labute approximate surface area is 237 Å². The molecule has 13 heteroatoms. The fraction of sp³-hybridized carbons (Fsp3) is 0.370. The van der Waals surface area contributed by atoms with Gasteiger partial charge in [0.2, 0.25) is 5.28 Å². The van der Waals surface area contributed by atoms with Crippen LogP contribution in [0.25, 0.3) is 11.3 Å². The lowest BCUT2D eigenvalue weighted by Crippen LogP contribution is -2.22. The van der Waals surface area contributed by atoms with Gasteiger partial charge in [-0.2, -0.15) is 0 Å². The maximum absolute atomic E-state index is 14.3. The fourth-order valence-electron chi connectivity index (χ4n) is 3.59. The Hall–Kier alpha value is -3.51. The van der Waals surface area contributed by atoms with E-state index in [1.165, 1.54) is 12.3 Å². The van der Waals surface area contributed by atoms with Crippen LogP contribution in [0.1, 0.15) is 39.7 Å². The van der Waals surface area contributed by atoms with Crippen molar-refractivity contribution in [2.75, 3.05) is 18.6 Å². The molecule has 1 heterocycles. The van der Waals surface area contributed by atoms with Gasteiger partial charge in [-0.1, -0.05) is 0 Å². The second-order valence-corrected chi connectivity index (χ2v) is 12.9. The number of benzene rings is 2. The minimum absolute atomic E-state index is 0.0445. The minimum atomic E-state index is -2.95. The van der Waals surface area contributed by atoms with Gasteiger partial charge in [0.15, 0.2) is 5.82 Å². The highest BCUT2D eigenvalue weighted by atomic mass is 35.5. The third-order valence-corrected chi connectivity index (χ3v) is 6.70. The van der Waals surface area contributed by atoms with Gasteiger partial charge in [0, 0.05) is 36.1 Å². The van der Waals surface area contributed by atoms with Crippen LogP contribution < -0.4 is 15.2 Å². The molecule has 216 valence electrons. The summed E-state index contributed by atoms with van der Waals surface area (Å²) in [6, 6.07) is 8.53. The van der Waals surface area contributed by atoms with Gasteiger partial charge in [-0.25, -0.2) is 27.8 Å². The molecule has 0 unspecified atom stereocenters. The first-order chi connectivity index (χ1) is 18.6. The summed E-state index contributed by atoms with van der Waals surface area (Å²) in [5.74, 6) is -0.846. The van der Waals surface area contributed by atoms with Crippen LogP contribution >= 0.6 is 11.6 Å². The lowest BCUT2D eigenvalue weighted by atomic mass is 10.1. The van der Waals surface area contributed by atoms with Crippen molar-refractivity contribution >= 4 is 33.1 Å². The molecule has 0 aliphatic carbocycles. The SMILES string of the molecule is C[C@@H](CCOc1cc(F)ccc1-c1nc(Cl)ncc1F)Oc1cc(N)cc(C[S@](C)(=O)=NC(=O)OC(C)(C)C)c1. The predicted molar refractivity (Wildman–Crippen MR) is 150 cm³/mol. The molecule has 0 saturated heterocycles. The molecular formula is C27H31ClF2N4O5S. The van der Waals surface area contributed by atoms with Crippen LogP contribution in [-0.2, 0) is 20.2 Å². The van der Waals surface area contributed by atoms with Crippen LogP contribution in [-0.4, -0.2) is 44.8 Å². The lowest BCUT2D eigenvalue weighted by Gasteiger charge is -2.18. The Morgan fingerprint density at radius 3 is 2.62 bits per heavy atom. The Balaban J connectivity index is 1.66. The third kappa shape index (κ3) is 9.60. The van der Waals surface area contributed by atoms with Gasteiger partial charge < -0.3 is 19.9 Å². The summed E-state index contributed by atoms with van der Waals surface area (Å²) >= 11 is 5.80. The highest BCUT2D eigenvalue weighted by Crippen LogP contribution is 2.32. The first-order valence-electron chi connectivity index (χ1n) is 12.2. The number of amides is 1. The highest BCUT2D eigenvalue weighted by molar-refractivity contribution is 7.92. The van der Waals surface area contributed by atoms with Gasteiger partial charge in [0.05, 0.1) is 34.4 Å². The van der Waals surface area contributed by atoms with Crippen molar-refractivity contribution < 1.29 is 32.0 Å². The Morgan fingerprint density at radius 2 is 1.93 bits per heavy atom. The fourth-order valence-corrected chi connectivity index (χ4v) is 4.92. The molecule has 0 fully saturated rings. The average Bonchev–Trinajstić information content (AvgIpc) is 2.78. The summed E-state index contributed by atoms with van der Waals surface area (Å²) < 4.78 is 61.8. The molecule has 1 aromatic heterocycles. The number of hydrogen-bond acceptors (Lipinski definition) is 8. The molecule has 2 aromatic carbocycles. The second kappa shape index (κ2) is 12.8. The largest absolute Gasteiger partial charge is 0.493 e. The van der Waals surface area contributed by atoms with Gasteiger partial charge in [-0.05, 0) is 69.1 Å². The van der Waals surface area contributed by atoms with Gasteiger partial charge in [0.25, 0.3) is 0 Å². The minimum Gasteiger partial charge on any atom is -0.493 e. The standard InChI is InChI=1S/C27H31ClF2N4O5S/c1-16(8-9-37-23-12-18(29)6-7-21(23)24-22(30)14-32-25(28)33-24)38-20-11-17(10-19(31)13-20)15-40(5,36)34-26(35)39-27(2,3)4/h6-7,10-14,16H,8-9,15,31H2,1-5H3/t16-,40-/m0/s1. The molecule has 0 radical (unpaired) electrons. The van der Waals surface area contributed by atoms with Crippen LogP contribution in [0, 0.1) is 11.6 Å². The van der Waals surface area contributed by atoms with Gasteiger partial charge in [-0.15, -0.1) is 4.36 Å². The number of nitrogen functional groups attached to an aromatic ring is 1. The maximum atomic E-state index is 14.3. The normalized spacial score (nSPS) is 13.7. The van der Waals surface area contributed by atoms with E-state index in [1.54, 1.807) is 45.9 Å². The summed E-state index contributed by atoms with van der Waals surface area (Å²) in [6.07, 6.45) is 1.37. The molecule has 3 rings (SSSR count). The quantitative estimate of drug-likeness (QED) is 0.221. The number of anilines is 1. The van der Waals surface area contributed by atoms with E-state index < -0.39 is 33.1 Å². The van der Waals surface area contributed by atoms with Crippen LogP contribution in [0.15, 0.2) is 47.0 Å². The number of aromatic nitrogens is 2. The molecule has 0 aliphatic rings. The number of nitrogens with two attached hydrogens (primary N) is 1. The van der Waals surface area contributed by atoms with Gasteiger partial charge >= 0.3 is 6.09 Å². The summed E-state index contributed by atoms with van der Waals surface area (Å²) in [5.41, 5.74) is 6.30. The number of rotatable bonds is 9. The monoisotopic (exact) mass is 596 g/mol. The topological polar surface area (TPSA) is 126 Å². The number of nitrogens with zero attached hydrogens (tertiary/aromatic N) is 3. The summed E-state index contributed by atoms with van der Waals surface area (Å²) in [7, 11) is -2.95. The third-order valence-electron chi connectivity index (χ3n) is 5.12. The Bertz CT molecular complexity index is 1510. The zero-order valence-electron chi connectivity index (χ0n) is 22.7. The molecule has 40 heavy (non-hydrogen) atoms. The number of carbonyl (C=O) groups is 1. The zero-order valence-corrected chi connectivity index (χ0v) is 24.3. The van der Waals surface area contributed by atoms with Crippen molar-refractivity contribution in [1.82, 2.24) is 9.97 Å². The summed E-state index contributed by atoms with van der Waals surface area (Å²) in [6.45, 7) is 6.97. The molecule has 0 spiro atoms. The number of carbonyl (C=O) groups excluding carboxylic acids is 1. The molecule has 2 atom stereocenters. The van der Waals surface area contributed by atoms with Crippen LogP contribution in [0.2, 0.25) is 5.28 Å². The molecule has 0 aliphatic heterocycles. The lowest BCUT2D eigenvalue weighted by molar-refractivity contribution is 0.0607. The molecule has 2 N–H and O–H groups in total. The predicted octanol–water partition coefficient (Wildman–Crippen LogP) is 6.43. The molecule has 9 nitrogen and oxygen atoms in total. The first-order valence-corrected chi connectivity index (χ1v) is 14.7. The van der Waals surface area contributed by atoms with Gasteiger partial charge in [-0.3, -0.25) is 0 Å². The first kappa shape index (κ1) is 31.0. The second-order valence-electron chi connectivity index (χ2n) is 10.1. The number of halogens is 3. The van der Waals surface area contributed by atoms with Crippen molar-refractivity contribution in [2.24, 2.45) is 4.36 Å². The zero-order chi connectivity index (χ0) is 29.7. The van der Waals surface area contributed by atoms with Gasteiger partial charge in [0.1, 0.15) is 28.6 Å². The molecule has 3 aromatic rings. The highest BCUT2D eigenvalue weighted by Gasteiger charge is 2.19. The van der Waals surface area contributed by atoms with E-state index in [4.69, 9.17) is 31.5 Å². The van der Waals surface area contributed by atoms with Crippen molar-refractivity contribution in [3.8, 4) is 22.8 Å². The van der Waals surface area contributed by atoms with E-state index in [2.05, 4.69) is 14.3 Å².